The van der Waals surface area contributed by atoms with Crippen LogP contribution in [0.4, 0.5) is 4.79 Å². The first kappa shape index (κ1) is 37.9. The van der Waals surface area contributed by atoms with Crippen LogP contribution in [0.15, 0.2) is 48.5 Å². The van der Waals surface area contributed by atoms with Crippen LogP contribution in [-0.2, 0) is 27.4 Å². The van der Waals surface area contributed by atoms with Gasteiger partial charge in [-0.05, 0) is 125 Å². The third-order valence-electron chi connectivity index (χ3n) is 13.9. The zero-order chi connectivity index (χ0) is 37.6. The van der Waals surface area contributed by atoms with Crippen LogP contribution in [0.5, 0.6) is 0 Å². The molecule has 5 saturated carbocycles. The Morgan fingerprint density at radius 2 is 1.46 bits per heavy atom. The van der Waals surface area contributed by atoms with E-state index in [1.165, 1.54) is 38.5 Å². The van der Waals surface area contributed by atoms with Crippen molar-refractivity contribution in [3.8, 4) is 0 Å². The molecule has 0 unspecified atom stereocenters. The van der Waals surface area contributed by atoms with Gasteiger partial charge in [0.15, 0.2) is 6.29 Å². The Balaban J connectivity index is 0.983. The van der Waals surface area contributed by atoms with Crippen LogP contribution in [0, 0.1) is 29.6 Å². The van der Waals surface area contributed by atoms with Crippen LogP contribution in [-0.4, -0.2) is 57.8 Å². The van der Waals surface area contributed by atoms with Gasteiger partial charge in [-0.1, -0.05) is 68.3 Å². The maximum absolute atomic E-state index is 13.9. The number of nitrogens with zero attached hydrogens (tertiary/aromatic N) is 1. The number of hydrogen-bond acceptors (Lipinski definition) is 6. The smallest absolute Gasteiger partial charge is 0.315 e. The summed E-state index contributed by atoms with van der Waals surface area (Å²) < 4.78 is 13.8. The third-order valence-corrected chi connectivity index (χ3v) is 13.9. The molecule has 294 valence electrons. The molecule has 9 nitrogen and oxygen atoms in total. The monoisotopic (exact) mass is 740 g/mol. The van der Waals surface area contributed by atoms with Gasteiger partial charge < -0.3 is 30.5 Å². The van der Waals surface area contributed by atoms with Crippen molar-refractivity contribution in [1.29, 1.82) is 0 Å². The fourth-order valence-electron chi connectivity index (χ4n) is 11.8. The number of amides is 3. The molecule has 0 spiro atoms. The molecule has 2 aromatic carbocycles. The Morgan fingerprint density at radius 3 is 2.11 bits per heavy atom. The number of ether oxygens (including phenoxy) is 2. The molecule has 3 amide bonds. The van der Waals surface area contributed by atoms with Crippen LogP contribution in [0.1, 0.15) is 139 Å². The van der Waals surface area contributed by atoms with Crippen LogP contribution in [0.3, 0.4) is 0 Å². The molecule has 0 aromatic heterocycles. The second-order valence-electron chi connectivity index (χ2n) is 19.2. The summed E-state index contributed by atoms with van der Waals surface area (Å²) in [5.41, 5.74) is 3.57. The maximum atomic E-state index is 13.9. The summed E-state index contributed by atoms with van der Waals surface area (Å²) in [6.07, 6.45) is 13.3. The van der Waals surface area contributed by atoms with Gasteiger partial charge in [-0.3, -0.25) is 9.69 Å². The second kappa shape index (κ2) is 15.5. The first-order valence-electron chi connectivity index (χ1n) is 21.2. The van der Waals surface area contributed by atoms with Gasteiger partial charge in [-0.15, -0.1) is 0 Å². The first-order chi connectivity index (χ1) is 25.9. The highest BCUT2D eigenvalue weighted by Gasteiger charge is 2.52. The van der Waals surface area contributed by atoms with Crippen LogP contribution in [0.2, 0.25) is 0 Å². The summed E-state index contributed by atoms with van der Waals surface area (Å²) in [7, 11) is 0. The number of carbonyl (C=O) groups is 2. The zero-order valence-corrected chi connectivity index (χ0v) is 33.0. The Morgan fingerprint density at radius 1 is 0.833 bits per heavy atom. The van der Waals surface area contributed by atoms with Crippen molar-refractivity contribution in [3.63, 3.8) is 0 Å². The first-order valence-corrected chi connectivity index (χ1v) is 21.2. The van der Waals surface area contributed by atoms with Crippen molar-refractivity contribution in [2.45, 2.75) is 160 Å². The highest BCUT2D eigenvalue weighted by atomic mass is 16.7. The van der Waals surface area contributed by atoms with Crippen molar-refractivity contribution in [1.82, 2.24) is 20.9 Å². The third kappa shape index (κ3) is 8.25. The molecule has 2 aliphatic heterocycles. The number of urea groups is 1. The predicted molar refractivity (Wildman–Crippen MR) is 209 cm³/mol. The minimum atomic E-state index is -0.594. The summed E-state index contributed by atoms with van der Waals surface area (Å²) in [6.45, 7) is 9.50. The average molecular weight is 741 g/mol. The molecular formula is C45H64N4O5. The second-order valence-corrected chi connectivity index (χ2v) is 19.2. The van der Waals surface area contributed by atoms with E-state index in [1.807, 2.05) is 12.1 Å². The lowest BCUT2D eigenvalue weighted by Crippen LogP contribution is -2.61. The highest BCUT2D eigenvalue weighted by molar-refractivity contribution is 5.82. The largest absolute Gasteiger partial charge is 0.392 e. The summed E-state index contributed by atoms with van der Waals surface area (Å²) in [6, 6.07) is 16.4. The van der Waals surface area contributed by atoms with Gasteiger partial charge >= 0.3 is 6.03 Å². The molecule has 54 heavy (non-hydrogen) atoms. The van der Waals surface area contributed by atoms with Gasteiger partial charge in [0.05, 0.1) is 24.9 Å². The van der Waals surface area contributed by atoms with Crippen molar-refractivity contribution in [2.75, 3.05) is 6.54 Å². The molecule has 9 rings (SSSR count). The molecule has 2 aromatic rings. The molecule has 4 N–H and O–H groups in total. The van der Waals surface area contributed by atoms with Gasteiger partial charge in [0, 0.05) is 41.7 Å². The number of fused-ring (bicyclic) bond motifs is 1. The number of aliphatic hydroxyl groups excluding tert-OH is 1. The van der Waals surface area contributed by atoms with Crippen molar-refractivity contribution >= 4 is 11.9 Å². The Bertz CT molecular complexity index is 1590. The topological polar surface area (TPSA) is 112 Å². The van der Waals surface area contributed by atoms with E-state index in [1.54, 1.807) is 0 Å². The normalized spacial score (nSPS) is 36.3. The number of rotatable bonds is 9. The minimum Gasteiger partial charge on any atom is -0.392 e. The van der Waals surface area contributed by atoms with E-state index in [0.717, 1.165) is 78.5 Å². The van der Waals surface area contributed by atoms with Gasteiger partial charge in [-0.25, -0.2) is 4.79 Å². The maximum Gasteiger partial charge on any atom is 0.315 e. The van der Waals surface area contributed by atoms with Crippen LogP contribution < -0.4 is 16.0 Å². The number of hydrogen-bond donors (Lipinski definition) is 4. The summed E-state index contributed by atoms with van der Waals surface area (Å²) >= 11 is 0. The lowest BCUT2D eigenvalue weighted by atomic mass is 9.53. The molecule has 2 saturated heterocycles. The SMILES string of the molecule is C[C@H]1[C@@H](CN2[C@@H](C(=O)NC(C)(C)C)CC[C@H]3CCCC[C@H]32)O[C@@H](c2ccc(CNC(=O)NC34CC5CC(CC(C5)C3)C4)cc2)O[C@H]1c1ccc(CO)cc1. The number of likely N-dealkylation sites (tertiary alicyclic amines) is 1. The summed E-state index contributed by atoms with van der Waals surface area (Å²) in [4.78, 5) is 29.6. The average Bonchev–Trinajstić information content (AvgIpc) is 3.13. The highest BCUT2D eigenvalue weighted by Crippen LogP contribution is 2.55. The molecule has 2 heterocycles. The van der Waals surface area contributed by atoms with E-state index in [9.17, 15) is 14.7 Å². The summed E-state index contributed by atoms with van der Waals surface area (Å²) in [5.74, 6) is 3.11. The molecule has 7 aliphatic rings. The minimum absolute atomic E-state index is 0.00359. The van der Waals surface area contributed by atoms with E-state index < -0.39 is 6.29 Å². The van der Waals surface area contributed by atoms with E-state index in [0.29, 0.717) is 25.0 Å². The summed E-state index contributed by atoms with van der Waals surface area (Å²) in [5, 5.41) is 19.6. The standard InChI is InChI=1S/C45H64N4O5/c1-28-39(26-49-37-8-6-5-7-34(37)17-18-38(49)41(51)47-44(2,3)4)53-42(54-40(28)35-13-11-30(27-50)12-14-35)36-15-9-29(10-16-36)25-46-43(52)48-45-22-31-19-32(23-45)21-33(20-31)24-45/h9-16,28,31-34,37-40,42,50H,5-8,17-27H2,1-4H3,(H,47,51)(H2,46,48,52)/t28-,31?,32?,33?,34+,37+,38+,39+,40+,42+,45?/m0/s1. The van der Waals surface area contributed by atoms with Gasteiger partial charge in [0.2, 0.25) is 5.91 Å². The number of carbonyl (C=O) groups excluding carboxylic acids is 2. The lowest BCUT2D eigenvalue weighted by molar-refractivity contribution is -0.278. The van der Waals surface area contributed by atoms with Gasteiger partial charge in [0.25, 0.3) is 0 Å². The molecule has 4 bridgehead atoms. The molecule has 7 atom stereocenters. The van der Waals surface area contributed by atoms with Crippen LogP contribution in [0.25, 0.3) is 0 Å². The van der Waals surface area contributed by atoms with Crippen molar-refractivity contribution in [2.24, 2.45) is 29.6 Å². The lowest BCUT2D eigenvalue weighted by Gasteiger charge is -2.56. The van der Waals surface area contributed by atoms with E-state index in [2.05, 4.69) is 84.9 Å². The van der Waals surface area contributed by atoms with Crippen molar-refractivity contribution < 1.29 is 24.2 Å². The predicted octanol–water partition coefficient (Wildman–Crippen LogP) is 7.68. The fourth-order valence-corrected chi connectivity index (χ4v) is 11.8. The molecule has 9 heteroatoms. The van der Waals surface area contributed by atoms with Gasteiger partial charge in [-0.2, -0.15) is 0 Å². The fraction of sp³-hybridized carbons (Fsp3) is 0.689. The number of benzene rings is 2. The van der Waals surface area contributed by atoms with Gasteiger partial charge in [0.1, 0.15) is 0 Å². The Hall–Kier alpha value is -2.98. The van der Waals surface area contributed by atoms with E-state index in [-0.39, 0.29) is 53.8 Å². The van der Waals surface area contributed by atoms with Crippen molar-refractivity contribution in [3.05, 3.63) is 70.8 Å². The molecular weight excluding hydrogens is 677 g/mol. The van der Waals surface area contributed by atoms with E-state index >= 15 is 0 Å². The zero-order valence-electron chi connectivity index (χ0n) is 33.0. The number of piperidine rings is 1. The quantitative estimate of drug-likeness (QED) is 0.210. The number of nitrogens with one attached hydrogen (secondary N) is 3. The van der Waals surface area contributed by atoms with E-state index in [4.69, 9.17) is 9.47 Å². The molecule has 5 aliphatic carbocycles. The Labute approximate surface area is 322 Å². The van der Waals surface area contributed by atoms with Crippen LogP contribution >= 0.6 is 0 Å². The molecule has 7 fully saturated rings. The number of aliphatic hydroxyl groups is 1. The molecule has 0 radical (unpaired) electrons. The Kier molecular flexibility index (Phi) is 10.9.